The number of hydrogen-bond donors (Lipinski definition) is 15. The van der Waals surface area contributed by atoms with Crippen molar-refractivity contribution in [1.29, 1.82) is 0 Å². The third-order valence-corrected chi connectivity index (χ3v) is 27.8. The molecular formula is C45H69N18O19PS3. The van der Waals surface area contributed by atoms with Crippen LogP contribution in [0.4, 0.5) is 17.5 Å². The molecule has 0 radical (unpaired) electrons. The largest absolute Gasteiger partial charge is 0.503 e. The summed E-state index contributed by atoms with van der Waals surface area (Å²) in [6.07, 6.45) is -8.95. The van der Waals surface area contributed by atoms with Gasteiger partial charge in [-0.2, -0.15) is 0 Å². The molecule has 0 amide bonds. The van der Waals surface area contributed by atoms with Gasteiger partial charge in [0.1, 0.15) is 90.3 Å². The highest BCUT2D eigenvalue weighted by Crippen LogP contribution is 2.76. The van der Waals surface area contributed by atoms with Crippen LogP contribution in [0.2, 0.25) is 0 Å². The molecule has 0 spiro atoms. The molecule has 0 bridgehead atoms. The zero-order chi connectivity index (χ0) is 62.5. The van der Waals surface area contributed by atoms with E-state index < -0.39 is 185 Å². The van der Waals surface area contributed by atoms with Crippen molar-refractivity contribution >= 4 is 108 Å². The number of carboxylic acids is 3. The first-order chi connectivity index (χ1) is 40.4. The fraction of sp³-hybridized carbons (Fsp3) is 0.600. The Labute approximate surface area is 491 Å². The summed E-state index contributed by atoms with van der Waals surface area (Å²) in [6, 6.07) is -4.76. The molecule has 476 valence electrons. The van der Waals surface area contributed by atoms with E-state index in [0.717, 1.165) is 19.0 Å². The second kappa shape index (κ2) is 25.3. The zero-order valence-corrected chi connectivity index (χ0v) is 49.4. The van der Waals surface area contributed by atoms with Crippen LogP contribution in [0, 0.1) is 0 Å². The van der Waals surface area contributed by atoms with Gasteiger partial charge in [0.15, 0.2) is 53.1 Å². The van der Waals surface area contributed by atoms with Crippen LogP contribution in [0.1, 0.15) is 37.9 Å². The number of aromatic nitrogens is 12. The molecule has 9 heterocycles. The molecule has 3 aliphatic rings. The predicted octanol–water partition coefficient (Wildman–Crippen LogP) is -3.28. The lowest BCUT2D eigenvalue weighted by Crippen LogP contribution is -2.38. The van der Waals surface area contributed by atoms with Gasteiger partial charge < -0.3 is 94.6 Å². The fourth-order valence-corrected chi connectivity index (χ4v) is 23.7. The topological polar surface area (TPSA) is 593 Å². The van der Waals surface area contributed by atoms with E-state index in [-0.39, 0.29) is 68.2 Å². The van der Waals surface area contributed by atoms with Gasteiger partial charge in [0.2, 0.25) is 0 Å². The van der Waals surface area contributed by atoms with Crippen molar-refractivity contribution in [3.63, 3.8) is 0 Å². The van der Waals surface area contributed by atoms with Crippen molar-refractivity contribution in [1.82, 2.24) is 58.6 Å². The number of nitrogen functional groups attached to an aromatic ring is 3. The minimum Gasteiger partial charge on any atom is -0.480 e. The third kappa shape index (κ3) is 13.4. The monoisotopic (exact) mass is 1290 g/mol. The van der Waals surface area contributed by atoms with E-state index in [2.05, 4.69) is 44.9 Å². The Balaban J connectivity index is 1.13. The molecule has 0 aromatic carbocycles. The molecule has 6 aromatic heterocycles. The lowest BCUT2D eigenvalue weighted by molar-refractivity contribution is -0.139. The maximum atomic E-state index is 16.8. The van der Waals surface area contributed by atoms with Crippen LogP contribution in [0.3, 0.4) is 0 Å². The van der Waals surface area contributed by atoms with E-state index in [0.29, 0.717) is 0 Å². The predicted molar refractivity (Wildman–Crippen MR) is 308 cm³/mol. The fourth-order valence-electron chi connectivity index (χ4n) is 10.2. The average Bonchev–Trinajstić information content (AvgIpc) is 1.63. The van der Waals surface area contributed by atoms with E-state index in [4.69, 9.17) is 60.5 Å². The Hall–Kier alpha value is -5.86. The summed E-state index contributed by atoms with van der Waals surface area (Å²) in [4.78, 5) is 74.1. The number of fused-ring (bicyclic) bond motifs is 3. The van der Waals surface area contributed by atoms with Crippen molar-refractivity contribution < 1.29 is 91.0 Å². The summed E-state index contributed by atoms with van der Waals surface area (Å²) in [5.74, 6) is -7.05. The Bertz CT molecular complexity index is 3160. The average molecular weight is 1290 g/mol. The number of anilines is 3. The van der Waals surface area contributed by atoms with Gasteiger partial charge in [-0.25, -0.2) is 61.3 Å². The molecular weight excluding hydrogens is 1220 g/mol. The molecule has 3 fully saturated rings. The Morgan fingerprint density at radius 3 is 0.988 bits per heavy atom. The summed E-state index contributed by atoms with van der Waals surface area (Å²) in [5, 5.41) is 100. The first kappa shape index (κ1) is 64.6. The van der Waals surface area contributed by atoms with Gasteiger partial charge in [-0.3, -0.25) is 28.1 Å². The SMILES string of the molecule is CS(CC[C@H](N)C(=O)O)(C[C@H]1O[C@@H](n2cnc3c(N)ncnc32)[C@H](O)[C@@H]1O)OP(=O)(OS(C)(CC[C@H](N)C(=O)O)C[C@H]1O[C@@H](n2cnc3c(N)ncnc32)[C@H](O)[C@@H]1O)OS(C)(CC[C@H](N)C(=O)O)C[C@H]1O[C@@H](n2cnc3c(N)ncnc32)[C@H](O)[C@@H]1O. The van der Waals surface area contributed by atoms with Crippen LogP contribution in [0.15, 0.2) is 38.0 Å². The molecule has 37 nitrogen and oxygen atoms in total. The smallest absolute Gasteiger partial charge is 0.480 e. The number of nitrogens with two attached hydrogens (primary N) is 6. The molecule has 9 rings (SSSR count). The van der Waals surface area contributed by atoms with E-state index in [1.165, 1.54) is 51.5 Å². The summed E-state index contributed by atoms with van der Waals surface area (Å²) < 4.78 is 60.1. The van der Waals surface area contributed by atoms with E-state index >= 15 is 4.57 Å². The molecule has 3 saturated heterocycles. The summed E-state index contributed by atoms with van der Waals surface area (Å²) in [7, 11) is -15.8. The van der Waals surface area contributed by atoms with Crippen LogP contribution >= 0.6 is 38.7 Å². The van der Waals surface area contributed by atoms with Crippen LogP contribution in [0.25, 0.3) is 33.5 Å². The van der Waals surface area contributed by atoms with Crippen LogP contribution in [-0.2, 0) is 45.1 Å². The molecule has 3 unspecified atom stereocenters. The Morgan fingerprint density at radius 1 is 0.488 bits per heavy atom. The first-order valence-electron chi connectivity index (χ1n) is 26.2. The maximum absolute atomic E-state index is 16.8. The standard InChI is InChI=1S/C45H69N18O19PS3/c1-84(7-4-19(46)43(70)71,10-22-28(64)31(67)40(77-22)61-16-58-25-34(49)52-13-55-37(25)61)80-83(76,81-85(2,8-5-20(47)44(72)73)11-23-29(65)32(68)41(78-23)62-17-59-26-35(50)53-14-56-38(26)62)82-86(3,9-6-21(48)45(74)75)12-24-30(66)33(69)42(79-24)63-18-60-27-36(51)54-15-57-39(27)63/h13-24,28-33,40-42,64-69H,4-12,46-48H2,1-3H3,(H,70,71)(H,72,73)(H,74,75)(H2,49,52,55)(H2,50,53,56)(H2,51,54,57)/t19-,20-,21-,22+,23+,24+,28+,29+,30+,31+,32+,33+,40+,41+,42+/m0/s1. The molecule has 3 aliphatic heterocycles. The highest BCUT2D eigenvalue weighted by molar-refractivity contribution is 8.35. The molecule has 86 heavy (non-hydrogen) atoms. The second-order valence-corrected chi connectivity index (χ2v) is 33.4. The van der Waals surface area contributed by atoms with Gasteiger partial charge in [0.05, 0.1) is 37.3 Å². The van der Waals surface area contributed by atoms with Crippen molar-refractivity contribution in [2.24, 2.45) is 17.2 Å². The summed E-state index contributed by atoms with van der Waals surface area (Å²) in [6.45, 7) is 0. The minimum absolute atomic E-state index is 0.0116. The van der Waals surface area contributed by atoms with Crippen molar-refractivity contribution in [3.05, 3.63) is 38.0 Å². The molecule has 6 aromatic rings. The van der Waals surface area contributed by atoms with Gasteiger partial charge in [-0.1, -0.05) is 0 Å². The van der Waals surface area contributed by atoms with Gasteiger partial charge >= 0.3 is 25.7 Å². The number of carboxylic acid groups (broad SMARTS) is 3. The highest BCUT2D eigenvalue weighted by Gasteiger charge is 2.54. The number of ether oxygens (including phenoxy) is 3. The number of aliphatic hydroxyl groups is 6. The van der Waals surface area contributed by atoms with Crippen LogP contribution in [0.5, 0.6) is 0 Å². The number of nitrogens with zero attached hydrogens (tertiary/aromatic N) is 12. The van der Waals surface area contributed by atoms with E-state index in [1.807, 2.05) is 0 Å². The van der Waals surface area contributed by atoms with Gasteiger partial charge in [-0.15, -0.1) is 30.9 Å². The summed E-state index contributed by atoms with van der Waals surface area (Å²) >= 11 is 0. The number of aliphatic hydroxyl groups excluding tert-OH is 6. The summed E-state index contributed by atoms with van der Waals surface area (Å²) in [5.41, 5.74) is 37.1. The second-order valence-electron chi connectivity index (χ2n) is 21.4. The molecule has 0 aliphatic carbocycles. The maximum Gasteiger partial charge on any atom is 0.503 e. The first-order valence-corrected chi connectivity index (χ1v) is 34.5. The Morgan fingerprint density at radius 2 is 0.744 bits per heavy atom. The molecule has 0 saturated carbocycles. The van der Waals surface area contributed by atoms with Crippen LogP contribution in [-0.4, -0.2) is 249 Å². The third-order valence-electron chi connectivity index (χ3n) is 14.9. The number of hydrogen-bond acceptors (Lipinski definition) is 31. The lowest BCUT2D eigenvalue weighted by Gasteiger charge is -2.47. The molecule has 21 N–H and O–H groups in total. The van der Waals surface area contributed by atoms with E-state index in [9.17, 15) is 60.3 Å². The van der Waals surface area contributed by atoms with E-state index in [1.54, 1.807) is 0 Å². The number of carbonyl (C=O) groups is 3. The lowest BCUT2D eigenvalue weighted by atomic mass is 10.1. The molecule has 18 atom stereocenters. The zero-order valence-electron chi connectivity index (χ0n) is 46.1. The number of phosphoric acid groups is 1. The minimum atomic E-state index is -5.61. The van der Waals surface area contributed by atoms with Gasteiger partial charge in [0.25, 0.3) is 0 Å². The highest BCUT2D eigenvalue weighted by atomic mass is 32.3. The van der Waals surface area contributed by atoms with Crippen molar-refractivity contribution in [2.45, 2.75) is 111 Å². The van der Waals surface area contributed by atoms with Gasteiger partial charge in [0, 0.05) is 34.5 Å². The van der Waals surface area contributed by atoms with Crippen molar-refractivity contribution in [3.8, 4) is 0 Å². The Kier molecular flexibility index (Phi) is 19.0. The number of rotatable bonds is 27. The van der Waals surface area contributed by atoms with Crippen LogP contribution < -0.4 is 34.4 Å². The van der Waals surface area contributed by atoms with Gasteiger partial charge in [-0.05, 0) is 38.0 Å². The normalized spacial score (nSPS) is 30.2. The van der Waals surface area contributed by atoms with Crippen molar-refractivity contribution in [2.75, 3.05) is 70.5 Å². The quantitative estimate of drug-likeness (QED) is 0.0225. The number of imidazole rings is 3. The number of aliphatic carboxylic acids is 3. The molecule has 41 heteroatoms.